The van der Waals surface area contributed by atoms with Gasteiger partial charge in [-0.3, -0.25) is 0 Å². The van der Waals surface area contributed by atoms with Crippen molar-refractivity contribution in [2.75, 3.05) is 0 Å². The Bertz CT molecular complexity index is 715. The van der Waals surface area contributed by atoms with Gasteiger partial charge in [-0.1, -0.05) is 0 Å². The summed E-state index contributed by atoms with van der Waals surface area (Å²) >= 11 is 2.44. The second-order valence-electron chi connectivity index (χ2n) is 8.70. The summed E-state index contributed by atoms with van der Waals surface area (Å²) in [4.78, 5) is 0. The Morgan fingerprint density at radius 3 is 1.50 bits per heavy atom. The average molecular weight is 522 g/mol. The van der Waals surface area contributed by atoms with Crippen LogP contribution >= 0.6 is 0 Å². The monoisotopic (exact) mass is 520 g/mol. The summed E-state index contributed by atoms with van der Waals surface area (Å²) in [6, 6.07) is 10.4. The van der Waals surface area contributed by atoms with E-state index in [1.54, 1.807) is 25.8 Å². The first-order chi connectivity index (χ1) is 12.7. The van der Waals surface area contributed by atoms with Crippen LogP contribution < -0.4 is 42.4 Å². The Kier molecular flexibility index (Phi) is 14.5. The van der Waals surface area contributed by atoms with E-state index in [0.29, 0.717) is 0 Å². The summed E-state index contributed by atoms with van der Waals surface area (Å²) < 4.78 is 1.66. The van der Waals surface area contributed by atoms with Gasteiger partial charge in [0.25, 0.3) is 0 Å². The molecule has 168 valence electrons. The third-order valence-corrected chi connectivity index (χ3v) is 15.9. The molecule has 0 nitrogen and oxygen atoms in total. The summed E-state index contributed by atoms with van der Waals surface area (Å²) in [6.07, 6.45) is 4.86. The molecular weight excluding hydrogens is 483 g/mol. The summed E-state index contributed by atoms with van der Waals surface area (Å²) in [5.74, 6) is 0. The molecule has 0 spiro atoms. The van der Waals surface area contributed by atoms with E-state index in [9.17, 15) is 0 Å². The fraction of sp³-hybridized carbons (Fsp3) is 0.600. The Morgan fingerprint density at radius 1 is 0.767 bits per heavy atom. The van der Waals surface area contributed by atoms with E-state index >= 15 is 0 Å². The Morgan fingerprint density at radius 2 is 1.20 bits per heavy atom. The minimum absolute atomic E-state index is 0. The number of hydrogen-bond acceptors (Lipinski definition) is 0. The van der Waals surface area contributed by atoms with Crippen LogP contribution in [0.5, 0.6) is 0 Å². The number of allylic oxidation sites excluding steroid dienone is 4. The minimum atomic E-state index is -1.78. The van der Waals surface area contributed by atoms with E-state index in [2.05, 4.69) is 94.0 Å². The molecule has 0 N–H and O–H groups in total. The van der Waals surface area contributed by atoms with Gasteiger partial charge in [0.1, 0.15) is 0 Å². The van der Waals surface area contributed by atoms with Gasteiger partial charge in [-0.2, -0.15) is 0 Å². The predicted molar refractivity (Wildman–Crippen MR) is 120 cm³/mol. The smallest absolute Gasteiger partial charge is 1.00 e. The van der Waals surface area contributed by atoms with Crippen LogP contribution in [0.15, 0.2) is 38.8 Å². The van der Waals surface area contributed by atoms with Crippen molar-refractivity contribution in [1.82, 2.24) is 0 Å². The molecule has 1 aromatic carbocycles. The van der Waals surface area contributed by atoms with E-state index in [1.807, 2.05) is 0 Å². The molecule has 1 aromatic rings. The maximum atomic E-state index is 2.61. The summed E-state index contributed by atoms with van der Waals surface area (Å²) in [6.45, 7) is 19.2. The van der Waals surface area contributed by atoms with Crippen LogP contribution in [0.3, 0.4) is 0 Å². The van der Waals surface area contributed by atoms with Gasteiger partial charge >= 0.3 is 182 Å². The van der Waals surface area contributed by atoms with E-state index in [-0.39, 0.29) is 42.3 Å². The fourth-order valence-electron chi connectivity index (χ4n) is 5.51. The molecule has 0 saturated carbocycles. The van der Waals surface area contributed by atoms with Gasteiger partial charge in [0, 0.05) is 0 Å². The van der Waals surface area contributed by atoms with Crippen LogP contribution in [0.4, 0.5) is 0 Å². The third kappa shape index (κ3) is 5.35. The molecule has 1 unspecified atom stereocenters. The van der Waals surface area contributed by atoms with Crippen molar-refractivity contribution >= 4 is 13.3 Å². The predicted octanol–water partition coefficient (Wildman–Crippen LogP) is -1.77. The molecule has 1 atom stereocenters. The molecule has 30 heavy (non-hydrogen) atoms. The largest absolute Gasteiger partial charge is 1.00 e. The van der Waals surface area contributed by atoms with Crippen LogP contribution in [0.1, 0.15) is 79.4 Å². The summed E-state index contributed by atoms with van der Waals surface area (Å²) in [7, 11) is -1.78. The van der Waals surface area contributed by atoms with E-state index in [4.69, 9.17) is 0 Å². The molecule has 0 aromatic heterocycles. The van der Waals surface area contributed by atoms with Crippen LogP contribution in [-0.4, -0.2) is 8.07 Å². The molecule has 5 heteroatoms. The van der Waals surface area contributed by atoms with Crippen molar-refractivity contribution in [3.8, 4) is 0 Å². The van der Waals surface area contributed by atoms with E-state index in [1.165, 1.54) is 36.1 Å². The van der Waals surface area contributed by atoms with E-state index < -0.39 is 8.07 Å². The molecule has 0 aliphatic heterocycles. The molecule has 1 aliphatic rings. The number of halogens is 3. The molecule has 0 saturated heterocycles. The van der Waals surface area contributed by atoms with Crippen molar-refractivity contribution in [2.45, 2.75) is 98.2 Å². The molecular formula is C25H39Cl3SiTi. The number of benzene rings is 1. The second kappa shape index (κ2) is 13.3. The minimum Gasteiger partial charge on any atom is -1.00 e. The standard InChI is InChI=1S/C25H39Si.3ClH.Ti/c1-9-13-26(14-10-2,25(8)18-19(5)20(6)21(25)7)24-16-22(11-3)15-23(12-4)17-24;;;;/h15-17H,9-14H2,1-8H3;3*1H;/q;;;;+3/p-3. The average Bonchev–Trinajstić information content (AvgIpc) is 2.83. The van der Waals surface area contributed by atoms with Crippen molar-refractivity contribution < 1.29 is 57.7 Å². The first kappa shape index (κ1) is 32.7. The number of rotatable bonds is 8. The van der Waals surface area contributed by atoms with Crippen molar-refractivity contribution in [1.29, 1.82) is 0 Å². The zero-order valence-electron chi connectivity index (χ0n) is 20.1. The molecule has 2 rings (SSSR count). The van der Waals surface area contributed by atoms with Gasteiger partial charge in [-0.15, -0.1) is 0 Å². The molecule has 0 fully saturated rings. The maximum absolute atomic E-state index is 2.61. The molecule has 0 amide bonds. The summed E-state index contributed by atoms with van der Waals surface area (Å²) in [5, 5.41) is 1.98. The molecule has 0 bridgehead atoms. The third-order valence-electron chi connectivity index (χ3n) is 7.48. The van der Waals surface area contributed by atoms with Gasteiger partial charge in [0.15, 0.2) is 0 Å². The zero-order valence-corrected chi connectivity index (χ0v) is 24.9. The Hall–Kier alpha value is 0.501. The van der Waals surface area contributed by atoms with Crippen LogP contribution in [0.25, 0.3) is 0 Å². The van der Waals surface area contributed by atoms with Crippen molar-refractivity contribution in [3.63, 3.8) is 0 Å². The Labute approximate surface area is 217 Å². The van der Waals surface area contributed by atoms with E-state index in [0.717, 1.165) is 12.8 Å². The van der Waals surface area contributed by atoms with Crippen LogP contribution in [-0.2, 0) is 33.3 Å². The normalized spacial score (nSPS) is 18.7. The maximum Gasteiger partial charge on any atom is -1.00 e. The van der Waals surface area contributed by atoms with Crippen LogP contribution in [0.2, 0.25) is 17.1 Å². The molecule has 0 radical (unpaired) electrons. The van der Waals surface area contributed by atoms with Gasteiger partial charge in [-0.25, -0.2) is 0 Å². The first-order valence-corrected chi connectivity index (χ1v) is 14.2. The molecule has 0 heterocycles. The topological polar surface area (TPSA) is 0 Å². The van der Waals surface area contributed by atoms with Crippen LogP contribution in [0, 0.1) is 0 Å². The Balaban J connectivity index is 0. The first-order valence-electron chi connectivity index (χ1n) is 11.0. The SMILES string of the molecule is CCC[Si](CCC)(c1cc(CC)cc(CC)c1)C1(C)C(C)=C(C)C(C)=[C]1[Ti+3].[Cl-].[Cl-].[Cl-]. The molecule has 1 aliphatic carbocycles. The fourth-order valence-corrected chi connectivity index (χ4v) is 13.8. The summed E-state index contributed by atoms with van der Waals surface area (Å²) in [5.41, 5.74) is 7.84. The number of aryl methyl sites for hydroxylation is 2. The quantitative estimate of drug-likeness (QED) is 0.356. The van der Waals surface area contributed by atoms with Crippen molar-refractivity contribution in [2.24, 2.45) is 0 Å². The van der Waals surface area contributed by atoms with Crippen molar-refractivity contribution in [3.05, 3.63) is 49.9 Å². The van der Waals surface area contributed by atoms with Gasteiger partial charge in [-0.05, 0) is 0 Å². The zero-order chi connectivity index (χ0) is 20.4. The van der Waals surface area contributed by atoms with Gasteiger partial charge in [0.2, 0.25) is 0 Å². The van der Waals surface area contributed by atoms with Gasteiger partial charge < -0.3 is 37.2 Å². The number of hydrogen-bond donors (Lipinski definition) is 0. The van der Waals surface area contributed by atoms with Gasteiger partial charge in [0.05, 0.1) is 0 Å². The second-order valence-corrected chi connectivity index (χ2v) is 14.2.